The highest BCUT2D eigenvalue weighted by Gasteiger charge is 2.43. The second-order valence-electron chi connectivity index (χ2n) is 6.83. The van der Waals surface area contributed by atoms with Gasteiger partial charge in [-0.1, -0.05) is 11.6 Å². The van der Waals surface area contributed by atoms with E-state index in [4.69, 9.17) is 11.6 Å². The van der Waals surface area contributed by atoms with Crippen LogP contribution < -0.4 is 10.0 Å². The van der Waals surface area contributed by atoms with Crippen LogP contribution in [0.4, 0.5) is 10.1 Å². The van der Waals surface area contributed by atoms with Gasteiger partial charge in [-0.2, -0.15) is 17.4 Å². The summed E-state index contributed by atoms with van der Waals surface area (Å²) in [7, 11) is -0.284. The number of carbonyl (C=O) groups excluding carboxylic acids is 1. The van der Waals surface area contributed by atoms with Crippen molar-refractivity contribution < 1.29 is 17.6 Å². The van der Waals surface area contributed by atoms with Gasteiger partial charge >= 0.3 is 0 Å². The third kappa shape index (κ3) is 5.30. The molecule has 1 aromatic carbocycles. The summed E-state index contributed by atoms with van der Waals surface area (Å²) in [6.45, 7) is 0.574. The molecule has 2 aromatic rings. The maximum Gasteiger partial charge on any atom is 0.280 e. The van der Waals surface area contributed by atoms with Crippen LogP contribution in [0.2, 0.25) is 5.02 Å². The van der Waals surface area contributed by atoms with Crippen molar-refractivity contribution in [1.82, 2.24) is 18.9 Å². The third-order valence-electron chi connectivity index (χ3n) is 4.41. The zero-order valence-corrected chi connectivity index (χ0v) is 18.2. The van der Waals surface area contributed by atoms with E-state index < -0.39 is 34.0 Å². The number of anilines is 1. The zero-order chi connectivity index (χ0) is 21.2. The Morgan fingerprint density at radius 3 is 2.86 bits per heavy atom. The Kier molecular flexibility index (Phi) is 6.87. The Hall–Kier alpha value is -1.63. The van der Waals surface area contributed by atoms with E-state index in [1.807, 2.05) is 19.0 Å². The monoisotopic (exact) mass is 461 g/mol. The van der Waals surface area contributed by atoms with Gasteiger partial charge < -0.3 is 10.2 Å². The number of nitrogens with one attached hydrogen (secondary N) is 2. The van der Waals surface area contributed by atoms with Gasteiger partial charge in [-0.3, -0.25) is 4.79 Å². The standard InChI is InChI=1S/C17H21ClFN5O3S2/c1-23(2)6-7-24-15(16(25)21-11-3-4-13(19)12(18)9-11)10-14(22-29(24,26)27)17-20-5-8-28-17/h3-5,8-9,14-15,22H,6-7,10H2,1-2H3,(H,21,25)/t14-,15+/m0/s1. The normalized spacial score (nSPS) is 22.0. The van der Waals surface area contributed by atoms with Gasteiger partial charge in [0.25, 0.3) is 10.2 Å². The maximum absolute atomic E-state index is 13.4. The number of rotatable bonds is 6. The number of nitrogens with zero attached hydrogens (tertiary/aromatic N) is 3. The van der Waals surface area contributed by atoms with E-state index in [0.717, 1.165) is 10.4 Å². The van der Waals surface area contributed by atoms with Crippen LogP contribution >= 0.6 is 22.9 Å². The summed E-state index contributed by atoms with van der Waals surface area (Å²) >= 11 is 7.09. The van der Waals surface area contributed by atoms with Gasteiger partial charge in [0.2, 0.25) is 5.91 Å². The van der Waals surface area contributed by atoms with Crippen LogP contribution in [0.3, 0.4) is 0 Å². The minimum absolute atomic E-state index is 0.133. The average molecular weight is 462 g/mol. The van der Waals surface area contributed by atoms with Gasteiger partial charge in [0.15, 0.2) is 0 Å². The van der Waals surface area contributed by atoms with E-state index in [-0.39, 0.29) is 23.7 Å². The predicted octanol–water partition coefficient (Wildman–Crippen LogP) is 2.09. The van der Waals surface area contributed by atoms with Crippen LogP contribution in [0.1, 0.15) is 17.5 Å². The van der Waals surface area contributed by atoms with E-state index in [2.05, 4.69) is 15.0 Å². The Bertz CT molecular complexity index is 971. The molecule has 158 valence electrons. The molecule has 0 spiro atoms. The Balaban J connectivity index is 1.87. The first-order valence-electron chi connectivity index (χ1n) is 8.76. The van der Waals surface area contributed by atoms with Gasteiger partial charge in [-0.15, -0.1) is 11.3 Å². The van der Waals surface area contributed by atoms with Crippen LogP contribution in [0.5, 0.6) is 0 Å². The second kappa shape index (κ2) is 9.02. The van der Waals surface area contributed by atoms with Crippen molar-refractivity contribution in [2.75, 3.05) is 32.5 Å². The van der Waals surface area contributed by atoms with E-state index >= 15 is 0 Å². The number of hydrogen-bond donors (Lipinski definition) is 2. The van der Waals surface area contributed by atoms with Crippen LogP contribution in [-0.4, -0.2) is 61.7 Å². The molecule has 1 aliphatic heterocycles. The highest BCUT2D eigenvalue weighted by Crippen LogP contribution is 2.30. The van der Waals surface area contributed by atoms with Crippen molar-refractivity contribution in [1.29, 1.82) is 0 Å². The maximum atomic E-state index is 13.4. The van der Waals surface area contributed by atoms with Crippen molar-refractivity contribution >= 4 is 44.7 Å². The van der Waals surface area contributed by atoms with Gasteiger partial charge in [-0.05, 0) is 38.7 Å². The molecule has 2 heterocycles. The van der Waals surface area contributed by atoms with Crippen molar-refractivity contribution in [2.24, 2.45) is 0 Å². The fraction of sp³-hybridized carbons (Fsp3) is 0.412. The molecule has 12 heteroatoms. The molecule has 1 aromatic heterocycles. The van der Waals surface area contributed by atoms with Crippen molar-refractivity contribution in [3.05, 3.63) is 45.6 Å². The number of benzene rings is 1. The molecule has 0 bridgehead atoms. The third-order valence-corrected chi connectivity index (χ3v) is 7.23. The zero-order valence-electron chi connectivity index (χ0n) is 15.8. The lowest BCUT2D eigenvalue weighted by Gasteiger charge is -2.38. The molecule has 3 rings (SSSR count). The van der Waals surface area contributed by atoms with Crippen LogP contribution in [0.15, 0.2) is 29.8 Å². The molecule has 0 unspecified atom stereocenters. The number of thiazole rings is 1. The van der Waals surface area contributed by atoms with Crippen LogP contribution in [0.25, 0.3) is 0 Å². The van der Waals surface area contributed by atoms with E-state index in [0.29, 0.717) is 11.6 Å². The van der Waals surface area contributed by atoms with Crippen molar-refractivity contribution in [3.8, 4) is 0 Å². The second-order valence-corrected chi connectivity index (χ2v) is 9.82. The molecule has 2 N–H and O–H groups in total. The van der Waals surface area contributed by atoms with Gasteiger partial charge in [0.05, 0.1) is 11.1 Å². The first-order chi connectivity index (χ1) is 13.7. The Labute approximate surface area is 177 Å². The fourth-order valence-corrected chi connectivity index (χ4v) is 5.47. The van der Waals surface area contributed by atoms with Crippen molar-refractivity contribution in [2.45, 2.75) is 18.5 Å². The quantitative estimate of drug-likeness (QED) is 0.686. The molecular formula is C17H21ClFN5O3S2. The summed E-state index contributed by atoms with van der Waals surface area (Å²) in [5.74, 6) is -1.12. The summed E-state index contributed by atoms with van der Waals surface area (Å²) < 4.78 is 42.9. The number of amides is 1. The Morgan fingerprint density at radius 1 is 1.48 bits per heavy atom. The number of halogens is 2. The molecule has 29 heavy (non-hydrogen) atoms. The van der Waals surface area contributed by atoms with E-state index in [1.54, 1.807) is 11.6 Å². The van der Waals surface area contributed by atoms with E-state index in [1.165, 1.54) is 23.5 Å². The van der Waals surface area contributed by atoms with Gasteiger partial charge in [-0.25, -0.2) is 9.37 Å². The number of hydrogen-bond acceptors (Lipinski definition) is 6. The smallest absolute Gasteiger partial charge is 0.280 e. The average Bonchev–Trinajstić information content (AvgIpc) is 3.17. The first kappa shape index (κ1) is 22.1. The minimum Gasteiger partial charge on any atom is -0.325 e. The molecule has 2 atom stereocenters. The highest BCUT2D eigenvalue weighted by atomic mass is 35.5. The largest absolute Gasteiger partial charge is 0.325 e. The SMILES string of the molecule is CN(C)CCN1[C@@H](C(=O)Nc2ccc(F)c(Cl)c2)C[C@@H](c2nccs2)NS1(=O)=O. The lowest BCUT2D eigenvalue weighted by atomic mass is 10.1. The van der Waals surface area contributed by atoms with E-state index in [9.17, 15) is 17.6 Å². The fourth-order valence-electron chi connectivity index (χ4n) is 2.97. The molecule has 0 aliphatic carbocycles. The summed E-state index contributed by atoms with van der Waals surface area (Å²) in [4.78, 5) is 19.0. The molecule has 1 saturated heterocycles. The lowest BCUT2D eigenvalue weighted by Crippen LogP contribution is -2.58. The molecule has 1 fully saturated rings. The van der Waals surface area contributed by atoms with Gasteiger partial charge in [0.1, 0.15) is 16.9 Å². The summed E-state index contributed by atoms with van der Waals surface area (Å²) in [5.41, 5.74) is 0.288. The highest BCUT2D eigenvalue weighted by molar-refractivity contribution is 7.87. The molecule has 0 radical (unpaired) electrons. The minimum atomic E-state index is -3.92. The number of carbonyl (C=O) groups is 1. The summed E-state index contributed by atoms with van der Waals surface area (Å²) in [6, 6.07) is 2.23. The number of likely N-dealkylation sites (N-methyl/N-ethyl adjacent to an activating group) is 1. The molecule has 1 amide bonds. The van der Waals surface area contributed by atoms with Gasteiger partial charge in [0, 0.05) is 30.4 Å². The first-order valence-corrected chi connectivity index (χ1v) is 11.5. The molecule has 8 nitrogen and oxygen atoms in total. The van der Waals surface area contributed by atoms with Crippen LogP contribution in [0, 0.1) is 5.82 Å². The molecule has 1 aliphatic rings. The summed E-state index contributed by atoms with van der Waals surface area (Å²) in [5, 5.41) is 4.85. The molecule has 0 saturated carbocycles. The van der Waals surface area contributed by atoms with Crippen LogP contribution in [-0.2, 0) is 15.0 Å². The predicted molar refractivity (Wildman–Crippen MR) is 111 cm³/mol. The molecular weight excluding hydrogens is 441 g/mol. The van der Waals surface area contributed by atoms with Crippen molar-refractivity contribution in [3.63, 3.8) is 0 Å². The number of aromatic nitrogens is 1. The topological polar surface area (TPSA) is 94.6 Å². The Morgan fingerprint density at radius 2 is 2.24 bits per heavy atom. The summed E-state index contributed by atoms with van der Waals surface area (Å²) in [6.07, 6.45) is 1.79. The lowest BCUT2D eigenvalue weighted by molar-refractivity contribution is -0.120.